The van der Waals surface area contributed by atoms with Gasteiger partial charge >= 0.3 is 0 Å². The van der Waals surface area contributed by atoms with Crippen molar-refractivity contribution in [2.75, 3.05) is 32.2 Å². The highest BCUT2D eigenvalue weighted by atomic mass is 32.2. The number of rotatable bonds is 7. The molecular formula is C33H32N2O4S. The Hall–Kier alpha value is -3.97. The molecule has 7 heteroatoms. The smallest absolute Gasteiger partial charge is 0.242 e. The number of hydrogen-bond donors (Lipinski definition) is 0. The maximum atomic E-state index is 14.6. The number of anilines is 1. The van der Waals surface area contributed by atoms with Gasteiger partial charge in [-0.15, -0.1) is 11.8 Å². The van der Waals surface area contributed by atoms with Crippen molar-refractivity contribution in [3.05, 3.63) is 96.6 Å². The summed E-state index contributed by atoms with van der Waals surface area (Å²) in [6, 6.07) is 29.2. The summed E-state index contributed by atoms with van der Waals surface area (Å²) in [5.74, 6) is 1.42. The van der Waals surface area contributed by atoms with Crippen LogP contribution in [-0.2, 0) is 9.59 Å². The molecule has 2 heterocycles. The topological polar surface area (TPSA) is 59.1 Å². The van der Waals surface area contributed by atoms with Gasteiger partial charge in [-0.25, -0.2) is 0 Å². The first kappa shape index (κ1) is 26.3. The number of nitrogens with zero attached hydrogens (tertiary/aromatic N) is 2. The van der Waals surface area contributed by atoms with Crippen LogP contribution in [0.5, 0.6) is 11.5 Å². The van der Waals surface area contributed by atoms with Crippen LogP contribution in [0.3, 0.4) is 0 Å². The molecule has 2 saturated heterocycles. The highest BCUT2D eigenvalue weighted by Gasteiger charge is 2.59. The van der Waals surface area contributed by atoms with Crippen molar-refractivity contribution in [2.45, 2.75) is 34.9 Å². The average molecular weight is 553 g/mol. The van der Waals surface area contributed by atoms with E-state index in [-0.39, 0.29) is 18.2 Å². The van der Waals surface area contributed by atoms with Crippen LogP contribution in [0.25, 0.3) is 10.8 Å². The number of methoxy groups -OCH3 is 2. The number of carbonyl (C=O) groups excluding carboxylic acids is 2. The molecule has 40 heavy (non-hydrogen) atoms. The van der Waals surface area contributed by atoms with Crippen LogP contribution < -0.4 is 14.4 Å². The predicted molar refractivity (Wildman–Crippen MR) is 159 cm³/mol. The number of ether oxygens (including phenoxy) is 2. The van der Waals surface area contributed by atoms with Gasteiger partial charge in [0.05, 0.1) is 26.7 Å². The Balaban J connectivity index is 1.53. The van der Waals surface area contributed by atoms with Crippen molar-refractivity contribution in [1.29, 1.82) is 0 Å². The average Bonchev–Trinajstić information content (AvgIpc) is 3.64. The quantitative estimate of drug-likeness (QED) is 0.262. The zero-order chi connectivity index (χ0) is 27.7. The zero-order valence-corrected chi connectivity index (χ0v) is 23.5. The van der Waals surface area contributed by atoms with E-state index in [0.29, 0.717) is 13.1 Å². The second-order valence-electron chi connectivity index (χ2n) is 10.3. The van der Waals surface area contributed by atoms with Gasteiger partial charge in [0.1, 0.15) is 16.2 Å². The first-order valence-corrected chi connectivity index (χ1v) is 14.4. The Kier molecular flexibility index (Phi) is 7.15. The number of fused-ring (bicyclic) bond motifs is 1. The van der Waals surface area contributed by atoms with E-state index in [1.165, 1.54) is 11.8 Å². The molecule has 0 aliphatic carbocycles. The molecule has 0 aromatic heterocycles. The zero-order valence-electron chi connectivity index (χ0n) is 22.7. The second-order valence-corrected chi connectivity index (χ2v) is 11.7. The lowest BCUT2D eigenvalue weighted by atomic mass is 9.90. The molecule has 2 fully saturated rings. The Morgan fingerprint density at radius 3 is 2.10 bits per heavy atom. The van der Waals surface area contributed by atoms with Gasteiger partial charge < -0.3 is 19.3 Å². The molecule has 4 aromatic rings. The highest BCUT2D eigenvalue weighted by Crippen LogP contribution is 2.55. The molecule has 2 amide bonds. The molecule has 4 aromatic carbocycles. The third-order valence-corrected chi connectivity index (χ3v) is 9.35. The first-order chi connectivity index (χ1) is 19.5. The molecule has 0 bridgehead atoms. The fourth-order valence-corrected chi connectivity index (χ4v) is 7.41. The molecule has 2 aliphatic heterocycles. The number of hydrogen-bond acceptors (Lipinski definition) is 5. The minimum absolute atomic E-state index is 0.0169. The van der Waals surface area contributed by atoms with Gasteiger partial charge in [0.25, 0.3) is 0 Å². The normalized spacial score (nSPS) is 20.8. The molecule has 204 valence electrons. The van der Waals surface area contributed by atoms with Crippen LogP contribution in [0.2, 0.25) is 0 Å². The van der Waals surface area contributed by atoms with E-state index in [9.17, 15) is 9.59 Å². The minimum atomic E-state index is -1.06. The predicted octanol–water partition coefficient (Wildman–Crippen LogP) is 6.49. The molecule has 0 radical (unpaired) electrons. The lowest BCUT2D eigenvalue weighted by Gasteiger charge is -2.39. The minimum Gasteiger partial charge on any atom is -0.497 e. The van der Waals surface area contributed by atoms with E-state index in [2.05, 4.69) is 18.2 Å². The van der Waals surface area contributed by atoms with E-state index in [4.69, 9.17) is 9.47 Å². The van der Waals surface area contributed by atoms with Crippen molar-refractivity contribution in [3.63, 3.8) is 0 Å². The number of thioether (sulfide) groups is 1. The molecule has 6 rings (SSSR count). The van der Waals surface area contributed by atoms with Crippen molar-refractivity contribution >= 4 is 40.0 Å². The lowest BCUT2D eigenvalue weighted by molar-refractivity contribution is -0.133. The van der Waals surface area contributed by atoms with Crippen LogP contribution >= 0.6 is 11.8 Å². The van der Waals surface area contributed by atoms with Crippen LogP contribution in [0, 0.1) is 0 Å². The maximum Gasteiger partial charge on any atom is 0.242 e. The number of benzene rings is 4. The number of likely N-dealkylation sites (tertiary alicyclic amines) is 1. The lowest BCUT2D eigenvalue weighted by Crippen LogP contribution is -2.49. The molecule has 6 nitrogen and oxygen atoms in total. The first-order valence-electron chi connectivity index (χ1n) is 13.6. The monoisotopic (exact) mass is 552 g/mol. The van der Waals surface area contributed by atoms with Gasteiger partial charge in [0.2, 0.25) is 11.8 Å². The Labute approximate surface area is 238 Å². The molecule has 0 unspecified atom stereocenters. The van der Waals surface area contributed by atoms with E-state index >= 15 is 0 Å². The van der Waals surface area contributed by atoms with Crippen molar-refractivity contribution in [2.24, 2.45) is 0 Å². The third kappa shape index (κ3) is 4.68. The van der Waals surface area contributed by atoms with Gasteiger partial charge in [-0.2, -0.15) is 0 Å². The summed E-state index contributed by atoms with van der Waals surface area (Å²) in [7, 11) is 3.27. The van der Waals surface area contributed by atoms with Crippen LogP contribution in [-0.4, -0.2) is 48.8 Å². The van der Waals surface area contributed by atoms with Crippen molar-refractivity contribution in [3.8, 4) is 11.5 Å². The summed E-state index contributed by atoms with van der Waals surface area (Å²) < 4.78 is 9.75. The van der Waals surface area contributed by atoms with Crippen molar-refractivity contribution < 1.29 is 19.1 Å². The SMILES string of the molecule is COc1ccc(S[C@]2(C(=O)N3CCCC3)CC(=O)N(c3ccc4ccccc4c3)[C@@H]2c2ccc(OC)cc2)cc1. The summed E-state index contributed by atoms with van der Waals surface area (Å²) in [5.41, 5.74) is 1.68. The summed E-state index contributed by atoms with van der Waals surface area (Å²) in [6.07, 6.45) is 2.05. The van der Waals surface area contributed by atoms with Gasteiger partial charge in [0.15, 0.2) is 0 Å². The molecule has 2 aliphatic rings. The molecular weight excluding hydrogens is 520 g/mol. The summed E-state index contributed by atoms with van der Waals surface area (Å²) in [6.45, 7) is 1.42. The Morgan fingerprint density at radius 1 is 0.825 bits per heavy atom. The number of carbonyl (C=O) groups is 2. The van der Waals surface area contributed by atoms with Crippen LogP contribution in [0.4, 0.5) is 5.69 Å². The standard InChI is InChI=1S/C33H32N2O4S/c1-38-27-13-10-24(11-14-27)31-33(32(37)34-19-5-6-20-34,40-29-17-15-28(39-2)16-18-29)22-30(36)35(31)26-12-9-23-7-3-4-8-25(23)21-26/h3-4,7-18,21,31H,5-6,19-20,22H2,1-2H3/t31-,33-/m1/s1. The molecule has 2 atom stereocenters. The fourth-order valence-electron chi connectivity index (χ4n) is 5.95. The third-order valence-electron chi connectivity index (χ3n) is 7.94. The molecule has 0 spiro atoms. The summed E-state index contributed by atoms with van der Waals surface area (Å²) >= 11 is 1.49. The van der Waals surface area contributed by atoms with E-state index in [1.807, 2.05) is 82.6 Å². The second kappa shape index (κ2) is 10.9. The van der Waals surface area contributed by atoms with Gasteiger partial charge in [-0.05, 0) is 77.7 Å². The van der Waals surface area contributed by atoms with Crippen molar-refractivity contribution in [1.82, 2.24) is 4.90 Å². The van der Waals surface area contributed by atoms with Crippen LogP contribution in [0.1, 0.15) is 30.9 Å². The van der Waals surface area contributed by atoms with Crippen LogP contribution in [0.15, 0.2) is 95.9 Å². The highest BCUT2D eigenvalue weighted by molar-refractivity contribution is 8.01. The summed E-state index contributed by atoms with van der Waals surface area (Å²) in [5, 5.41) is 2.15. The van der Waals surface area contributed by atoms with Gasteiger partial charge in [-0.1, -0.05) is 42.5 Å². The maximum absolute atomic E-state index is 14.6. The largest absolute Gasteiger partial charge is 0.497 e. The Morgan fingerprint density at radius 2 is 1.45 bits per heavy atom. The van der Waals surface area contributed by atoms with E-state index < -0.39 is 10.8 Å². The summed E-state index contributed by atoms with van der Waals surface area (Å²) in [4.78, 5) is 33.5. The molecule has 0 saturated carbocycles. The molecule has 0 N–H and O–H groups in total. The fraction of sp³-hybridized carbons (Fsp3) is 0.273. The van der Waals surface area contributed by atoms with Gasteiger partial charge in [-0.3, -0.25) is 9.59 Å². The van der Waals surface area contributed by atoms with E-state index in [0.717, 1.165) is 51.3 Å². The Bertz CT molecular complexity index is 1530. The van der Waals surface area contributed by atoms with Gasteiger partial charge in [0, 0.05) is 23.7 Å². The van der Waals surface area contributed by atoms with E-state index in [1.54, 1.807) is 14.2 Å². The number of amides is 2.